The molecule has 0 atom stereocenters. The molecule has 1 aromatic carbocycles. The van der Waals surface area contributed by atoms with Crippen LogP contribution in [-0.2, 0) is 13.7 Å². The molecule has 1 N–H and O–H groups in total. The summed E-state index contributed by atoms with van der Waals surface area (Å²) in [6, 6.07) is 6.23. The zero-order valence-electron chi connectivity index (χ0n) is 9.67. The van der Waals surface area contributed by atoms with Gasteiger partial charge in [0.1, 0.15) is 5.82 Å². The Bertz CT molecular complexity index is 563. The van der Waals surface area contributed by atoms with Crippen molar-refractivity contribution in [1.82, 2.24) is 4.57 Å². The Morgan fingerprint density at radius 3 is 2.65 bits per heavy atom. The molecule has 0 saturated heterocycles. The van der Waals surface area contributed by atoms with Gasteiger partial charge in [-0.2, -0.15) is 0 Å². The molecule has 0 amide bonds. The van der Waals surface area contributed by atoms with E-state index in [2.05, 4.69) is 0 Å². The van der Waals surface area contributed by atoms with Gasteiger partial charge in [0.05, 0.1) is 12.3 Å². The molecule has 0 bridgehead atoms. The van der Waals surface area contributed by atoms with Crippen molar-refractivity contribution in [2.45, 2.75) is 13.5 Å². The molecule has 0 radical (unpaired) electrons. The van der Waals surface area contributed by atoms with Crippen molar-refractivity contribution < 1.29 is 9.50 Å². The van der Waals surface area contributed by atoms with Gasteiger partial charge in [-0.25, -0.2) is 4.39 Å². The quantitative estimate of drug-likeness (QED) is 0.873. The van der Waals surface area contributed by atoms with E-state index in [-0.39, 0.29) is 12.4 Å². The maximum atomic E-state index is 13.7. The van der Waals surface area contributed by atoms with Crippen LogP contribution in [0.1, 0.15) is 11.3 Å². The molecule has 90 valence electrons. The first-order valence-corrected chi connectivity index (χ1v) is 5.64. The molecule has 2 rings (SSSR count). The van der Waals surface area contributed by atoms with E-state index in [0.29, 0.717) is 16.3 Å². The van der Waals surface area contributed by atoms with E-state index in [0.717, 1.165) is 11.3 Å². The maximum absolute atomic E-state index is 13.7. The molecule has 0 aliphatic rings. The van der Waals surface area contributed by atoms with Crippen LogP contribution in [0.5, 0.6) is 0 Å². The molecule has 0 spiro atoms. The minimum Gasteiger partial charge on any atom is -0.392 e. The summed E-state index contributed by atoms with van der Waals surface area (Å²) in [5.41, 5.74) is 2.87. The average Bonchev–Trinajstić information content (AvgIpc) is 2.59. The summed E-state index contributed by atoms with van der Waals surface area (Å²) in [5.74, 6) is -0.320. The number of halogens is 2. The predicted molar refractivity (Wildman–Crippen MR) is 66.5 cm³/mol. The third-order valence-electron chi connectivity index (χ3n) is 3.01. The van der Waals surface area contributed by atoms with E-state index in [9.17, 15) is 9.50 Å². The number of benzene rings is 1. The van der Waals surface area contributed by atoms with Gasteiger partial charge in [0, 0.05) is 23.3 Å². The van der Waals surface area contributed by atoms with E-state index in [1.165, 1.54) is 12.1 Å². The number of nitrogens with zero attached hydrogens (tertiary/aromatic N) is 1. The highest BCUT2D eigenvalue weighted by Gasteiger charge is 2.13. The zero-order valence-corrected chi connectivity index (χ0v) is 10.4. The highest BCUT2D eigenvalue weighted by Crippen LogP contribution is 2.29. The number of hydrogen-bond acceptors (Lipinski definition) is 1. The fraction of sp³-hybridized carbons (Fsp3) is 0.231. The smallest absolute Gasteiger partial charge is 0.132 e. The van der Waals surface area contributed by atoms with Crippen LogP contribution in [0, 0.1) is 12.7 Å². The molecular formula is C13H13ClFNO. The van der Waals surface area contributed by atoms with Gasteiger partial charge in [0.25, 0.3) is 0 Å². The number of hydrogen-bond donors (Lipinski definition) is 1. The van der Waals surface area contributed by atoms with Crippen molar-refractivity contribution >= 4 is 11.6 Å². The first-order chi connectivity index (χ1) is 8.04. The summed E-state index contributed by atoms with van der Waals surface area (Å²) in [6.45, 7) is 1.83. The van der Waals surface area contributed by atoms with Gasteiger partial charge >= 0.3 is 0 Å². The Labute approximate surface area is 104 Å². The monoisotopic (exact) mass is 253 g/mol. The lowest BCUT2D eigenvalue weighted by Gasteiger charge is -2.07. The van der Waals surface area contributed by atoms with Crippen molar-refractivity contribution in [3.05, 3.63) is 46.4 Å². The van der Waals surface area contributed by atoms with Gasteiger partial charge in [0.15, 0.2) is 0 Å². The van der Waals surface area contributed by atoms with Crippen LogP contribution in [0.4, 0.5) is 4.39 Å². The van der Waals surface area contributed by atoms with Crippen LogP contribution in [0.3, 0.4) is 0 Å². The van der Waals surface area contributed by atoms with Crippen molar-refractivity contribution in [3.63, 3.8) is 0 Å². The molecule has 4 heteroatoms. The predicted octanol–water partition coefficient (Wildman–Crippen LogP) is 3.29. The summed E-state index contributed by atoms with van der Waals surface area (Å²) in [7, 11) is 1.84. The van der Waals surface area contributed by atoms with E-state index < -0.39 is 0 Å². The van der Waals surface area contributed by atoms with Gasteiger partial charge in [-0.15, -0.1) is 0 Å². The number of aliphatic hydroxyl groups is 1. The summed E-state index contributed by atoms with van der Waals surface area (Å²) in [4.78, 5) is 0. The van der Waals surface area contributed by atoms with E-state index in [4.69, 9.17) is 11.6 Å². The summed E-state index contributed by atoms with van der Waals surface area (Å²) < 4.78 is 15.6. The van der Waals surface area contributed by atoms with Gasteiger partial charge in [-0.05, 0) is 36.8 Å². The molecule has 0 aliphatic heterocycles. The fourth-order valence-corrected chi connectivity index (χ4v) is 2.05. The second kappa shape index (κ2) is 4.51. The van der Waals surface area contributed by atoms with Crippen molar-refractivity contribution in [2.24, 2.45) is 7.05 Å². The zero-order chi connectivity index (χ0) is 12.6. The van der Waals surface area contributed by atoms with Gasteiger partial charge in [-0.3, -0.25) is 0 Å². The van der Waals surface area contributed by atoms with E-state index in [1.807, 2.05) is 18.5 Å². The van der Waals surface area contributed by atoms with Crippen LogP contribution in [-0.4, -0.2) is 9.67 Å². The highest BCUT2D eigenvalue weighted by atomic mass is 35.5. The summed E-state index contributed by atoms with van der Waals surface area (Å²) >= 11 is 5.87. The largest absolute Gasteiger partial charge is 0.392 e. The first kappa shape index (κ1) is 12.1. The average molecular weight is 254 g/mol. The molecule has 0 saturated carbocycles. The minimum absolute atomic E-state index is 0.0537. The number of aromatic nitrogens is 1. The summed E-state index contributed by atoms with van der Waals surface area (Å²) in [6.07, 6.45) is 0. The second-order valence-electron chi connectivity index (χ2n) is 3.98. The molecule has 2 aromatic rings. The van der Waals surface area contributed by atoms with Crippen LogP contribution >= 0.6 is 11.6 Å². The van der Waals surface area contributed by atoms with Crippen LogP contribution in [0.2, 0.25) is 5.02 Å². The second-order valence-corrected chi connectivity index (χ2v) is 4.42. The van der Waals surface area contributed by atoms with Gasteiger partial charge < -0.3 is 9.67 Å². The lowest BCUT2D eigenvalue weighted by Crippen LogP contribution is -1.96. The number of aliphatic hydroxyl groups excluding tert-OH is 1. The Kier molecular flexibility index (Phi) is 3.22. The Balaban J connectivity index is 2.64. The molecule has 0 fully saturated rings. The standard InChI is InChI=1S/C13H13ClFNO/c1-8-9(7-17)5-13(16(8)2)11-6-10(14)3-4-12(11)15/h3-6,17H,7H2,1-2H3. The molecular weight excluding hydrogens is 241 g/mol. The van der Waals surface area contributed by atoms with Crippen molar-refractivity contribution in [2.75, 3.05) is 0 Å². The van der Waals surface area contributed by atoms with E-state index >= 15 is 0 Å². The van der Waals surface area contributed by atoms with Crippen LogP contribution in [0.25, 0.3) is 11.3 Å². The topological polar surface area (TPSA) is 25.2 Å². The molecule has 1 aromatic heterocycles. The normalized spacial score (nSPS) is 10.9. The minimum atomic E-state index is -0.320. The molecule has 17 heavy (non-hydrogen) atoms. The molecule has 0 unspecified atom stereocenters. The maximum Gasteiger partial charge on any atom is 0.132 e. The highest BCUT2D eigenvalue weighted by molar-refractivity contribution is 6.30. The Hall–Kier alpha value is -1.32. The SMILES string of the molecule is Cc1c(CO)cc(-c2cc(Cl)ccc2F)n1C. The Morgan fingerprint density at radius 1 is 1.35 bits per heavy atom. The van der Waals surface area contributed by atoms with Crippen molar-refractivity contribution in [3.8, 4) is 11.3 Å². The van der Waals surface area contributed by atoms with Crippen LogP contribution in [0.15, 0.2) is 24.3 Å². The third-order valence-corrected chi connectivity index (χ3v) is 3.25. The molecule has 0 aliphatic carbocycles. The van der Waals surface area contributed by atoms with Gasteiger partial charge in [-0.1, -0.05) is 11.6 Å². The number of rotatable bonds is 2. The third kappa shape index (κ3) is 2.08. The van der Waals surface area contributed by atoms with Gasteiger partial charge in [0.2, 0.25) is 0 Å². The lowest BCUT2D eigenvalue weighted by molar-refractivity contribution is 0.281. The van der Waals surface area contributed by atoms with Crippen molar-refractivity contribution in [1.29, 1.82) is 0 Å². The first-order valence-electron chi connectivity index (χ1n) is 5.26. The van der Waals surface area contributed by atoms with Crippen LogP contribution < -0.4 is 0 Å². The summed E-state index contributed by atoms with van der Waals surface area (Å²) in [5, 5.41) is 9.69. The lowest BCUT2D eigenvalue weighted by atomic mass is 10.1. The molecule has 1 heterocycles. The Morgan fingerprint density at radius 2 is 2.06 bits per heavy atom. The van der Waals surface area contributed by atoms with E-state index in [1.54, 1.807) is 12.1 Å². The molecule has 2 nitrogen and oxygen atoms in total. The fourth-order valence-electron chi connectivity index (χ4n) is 1.87.